The van der Waals surface area contributed by atoms with E-state index in [0.29, 0.717) is 23.1 Å². The first-order valence-corrected chi connectivity index (χ1v) is 5.62. The Kier molecular flexibility index (Phi) is 4.26. The molecule has 0 unspecified atom stereocenters. The molecule has 6 heteroatoms. The summed E-state index contributed by atoms with van der Waals surface area (Å²) in [7, 11) is 1.90. The molecule has 0 aliphatic heterocycles. The van der Waals surface area contributed by atoms with Gasteiger partial charge >= 0.3 is 0 Å². The monoisotopic (exact) mass is 287 g/mol. The maximum Gasteiger partial charge on any atom is 0.273 e. The van der Waals surface area contributed by atoms with Gasteiger partial charge in [0.05, 0.1) is 10.6 Å². The van der Waals surface area contributed by atoms with E-state index in [1.165, 1.54) is 6.07 Å². The fourth-order valence-electron chi connectivity index (χ4n) is 1.46. The predicted molar refractivity (Wildman–Crippen MR) is 67.9 cm³/mol. The normalized spacial score (nSPS) is 10.2. The molecule has 16 heavy (non-hydrogen) atoms. The number of hydrogen-bond acceptors (Lipinski definition) is 4. The fraction of sp³-hybridized carbons (Fsp3) is 0.400. The van der Waals surface area contributed by atoms with E-state index in [4.69, 9.17) is 5.73 Å². The third-order valence-corrected chi connectivity index (χ3v) is 2.97. The number of nitrogens with two attached hydrogens (primary N) is 1. The van der Waals surface area contributed by atoms with Gasteiger partial charge in [0.2, 0.25) is 0 Å². The number of halogens is 1. The summed E-state index contributed by atoms with van der Waals surface area (Å²) in [5.74, 6) is 0. The summed E-state index contributed by atoms with van der Waals surface area (Å²) in [5.41, 5.74) is 7.15. The molecule has 1 rings (SSSR count). The van der Waals surface area contributed by atoms with Crippen LogP contribution in [-0.4, -0.2) is 25.1 Å². The predicted octanol–water partition coefficient (Wildman–Crippen LogP) is 2.06. The van der Waals surface area contributed by atoms with Crippen molar-refractivity contribution in [3.63, 3.8) is 0 Å². The molecule has 0 atom stereocenters. The van der Waals surface area contributed by atoms with Crippen molar-refractivity contribution in [3.05, 3.63) is 32.3 Å². The van der Waals surface area contributed by atoms with E-state index >= 15 is 0 Å². The van der Waals surface area contributed by atoms with Gasteiger partial charge in [0.15, 0.2) is 0 Å². The second kappa shape index (κ2) is 5.27. The molecule has 0 fully saturated rings. The van der Waals surface area contributed by atoms with Gasteiger partial charge < -0.3 is 10.6 Å². The summed E-state index contributed by atoms with van der Waals surface area (Å²) in [6.07, 6.45) is 0. The summed E-state index contributed by atoms with van der Waals surface area (Å²) in [5, 5.41) is 10.7. The third kappa shape index (κ3) is 2.70. The fourth-order valence-corrected chi connectivity index (χ4v) is 2.09. The Bertz CT molecular complexity index is 409. The van der Waals surface area contributed by atoms with E-state index in [1.54, 1.807) is 13.0 Å². The molecular weight excluding hydrogens is 274 g/mol. The number of aryl methyl sites for hydroxylation is 1. The van der Waals surface area contributed by atoms with Crippen molar-refractivity contribution >= 4 is 27.3 Å². The zero-order valence-electron chi connectivity index (χ0n) is 9.24. The summed E-state index contributed by atoms with van der Waals surface area (Å²) in [6.45, 7) is 2.97. The quantitative estimate of drug-likeness (QED) is 0.680. The summed E-state index contributed by atoms with van der Waals surface area (Å²) in [4.78, 5) is 12.3. The van der Waals surface area contributed by atoms with Crippen LogP contribution < -0.4 is 10.6 Å². The van der Waals surface area contributed by atoms with Crippen LogP contribution in [0.2, 0.25) is 0 Å². The minimum Gasteiger partial charge on any atom is -0.372 e. The number of nitro benzene ring substituents is 1. The average Bonchev–Trinajstić information content (AvgIpc) is 2.20. The molecule has 1 aromatic carbocycles. The number of likely N-dealkylation sites (N-methyl/N-ethyl adjacent to an activating group) is 1. The topological polar surface area (TPSA) is 72.4 Å². The van der Waals surface area contributed by atoms with Crippen molar-refractivity contribution in [1.82, 2.24) is 0 Å². The zero-order valence-corrected chi connectivity index (χ0v) is 10.8. The van der Waals surface area contributed by atoms with Crippen LogP contribution in [0.15, 0.2) is 16.6 Å². The van der Waals surface area contributed by atoms with E-state index < -0.39 is 0 Å². The van der Waals surface area contributed by atoms with E-state index in [0.717, 1.165) is 5.69 Å². The standard InChI is InChI=1S/C10H14BrN3O2/c1-7-5-10(13(2)4-3-12)8(11)6-9(7)14(15)16/h5-6H,3-4,12H2,1-2H3. The Morgan fingerprint density at radius 2 is 2.19 bits per heavy atom. The molecule has 0 radical (unpaired) electrons. The molecule has 0 saturated heterocycles. The van der Waals surface area contributed by atoms with Crippen LogP contribution in [0.25, 0.3) is 0 Å². The van der Waals surface area contributed by atoms with Crippen LogP contribution in [-0.2, 0) is 0 Å². The molecule has 0 heterocycles. The molecule has 2 N–H and O–H groups in total. The summed E-state index contributed by atoms with van der Waals surface area (Å²) < 4.78 is 0.709. The lowest BCUT2D eigenvalue weighted by atomic mass is 10.1. The lowest BCUT2D eigenvalue weighted by molar-refractivity contribution is -0.385. The Balaban J connectivity index is 3.15. The van der Waals surface area contributed by atoms with Crippen molar-refractivity contribution in [3.8, 4) is 0 Å². The highest BCUT2D eigenvalue weighted by Crippen LogP contribution is 2.32. The summed E-state index contributed by atoms with van der Waals surface area (Å²) in [6, 6.07) is 3.32. The Hall–Kier alpha value is -1.14. The van der Waals surface area contributed by atoms with Crippen LogP contribution in [0.5, 0.6) is 0 Å². The lowest BCUT2D eigenvalue weighted by Crippen LogP contribution is -2.25. The van der Waals surface area contributed by atoms with Gasteiger partial charge in [-0.15, -0.1) is 0 Å². The molecule has 88 valence electrons. The molecule has 0 spiro atoms. The number of hydrogen-bond donors (Lipinski definition) is 1. The number of anilines is 1. The van der Waals surface area contributed by atoms with Gasteiger partial charge in [-0.2, -0.15) is 0 Å². The van der Waals surface area contributed by atoms with Crippen LogP contribution >= 0.6 is 15.9 Å². The number of nitro groups is 1. The highest BCUT2D eigenvalue weighted by Gasteiger charge is 2.15. The maximum absolute atomic E-state index is 10.7. The molecule has 5 nitrogen and oxygen atoms in total. The number of benzene rings is 1. The average molecular weight is 288 g/mol. The third-order valence-electron chi connectivity index (χ3n) is 2.34. The molecule has 0 aliphatic carbocycles. The molecule has 0 aliphatic rings. The van der Waals surface area contributed by atoms with Gasteiger partial charge in [0.1, 0.15) is 0 Å². The molecule has 1 aromatic rings. The number of nitrogens with zero attached hydrogens (tertiary/aromatic N) is 2. The van der Waals surface area contributed by atoms with Crippen molar-refractivity contribution in [2.45, 2.75) is 6.92 Å². The first kappa shape index (κ1) is 12.9. The second-order valence-corrected chi connectivity index (χ2v) is 4.41. The first-order valence-electron chi connectivity index (χ1n) is 4.83. The summed E-state index contributed by atoms with van der Waals surface area (Å²) >= 11 is 3.33. The van der Waals surface area contributed by atoms with Crippen molar-refractivity contribution in [1.29, 1.82) is 0 Å². The van der Waals surface area contributed by atoms with Gasteiger partial charge in [-0.3, -0.25) is 10.1 Å². The Morgan fingerprint density at radius 3 is 2.69 bits per heavy atom. The van der Waals surface area contributed by atoms with E-state index in [1.807, 2.05) is 11.9 Å². The van der Waals surface area contributed by atoms with E-state index in [2.05, 4.69) is 15.9 Å². The largest absolute Gasteiger partial charge is 0.372 e. The molecule has 0 amide bonds. The Morgan fingerprint density at radius 1 is 1.56 bits per heavy atom. The minimum absolute atomic E-state index is 0.122. The molecule has 0 saturated carbocycles. The SMILES string of the molecule is Cc1cc(N(C)CCN)c(Br)cc1[N+](=O)[O-]. The van der Waals surface area contributed by atoms with E-state index in [9.17, 15) is 10.1 Å². The molecular formula is C10H14BrN3O2. The molecule has 0 aromatic heterocycles. The number of rotatable bonds is 4. The lowest BCUT2D eigenvalue weighted by Gasteiger charge is -2.20. The van der Waals surface area contributed by atoms with Crippen LogP contribution in [0.3, 0.4) is 0 Å². The van der Waals surface area contributed by atoms with Gasteiger partial charge in [-0.1, -0.05) is 0 Å². The van der Waals surface area contributed by atoms with Crippen molar-refractivity contribution < 1.29 is 4.92 Å². The van der Waals surface area contributed by atoms with Crippen LogP contribution in [0, 0.1) is 17.0 Å². The van der Waals surface area contributed by atoms with Gasteiger partial charge in [-0.05, 0) is 28.9 Å². The van der Waals surface area contributed by atoms with Gasteiger partial charge in [0, 0.05) is 36.2 Å². The highest BCUT2D eigenvalue weighted by atomic mass is 79.9. The Labute approximate surface area is 103 Å². The van der Waals surface area contributed by atoms with Gasteiger partial charge in [-0.25, -0.2) is 0 Å². The van der Waals surface area contributed by atoms with Crippen LogP contribution in [0.1, 0.15) is 5.56 Å². The zero-order chi connectivity index (χ0) is 12.3. The highest BCUT2D eigenvalue weighted by molar-refractivity contribution is 9.10. The minimum atomic E-state index is -0.382. The first-order chi connectivity index (χ1) is 7.47. The van der Waals surface area contributed by atoms with Crippen molar-refractivity contribution in [2.75, 3.05) is 25.0 Å². The maximum atomic E-state index is 10.7. The van der Waals surface area contributed by atoms with Crippen LogP contribution in [0.4, 0.5) is 11.4 Å². The smallest absolute Gasteiger partial charge is 0.273 e. The van der Waals surface area contributed by atoms with Crippen molar-refractivity contribution in [2.24, 2.45) is 5.73 Å². The van der Waals surface area contributed by atoms with E-state index in [-0.39, 0.29) is 10.6 Å². The van der Waals surface area contributed by atoms with Gasteiger partial charge in [0.25, 0.3) is 5.69 Å². The molecule has 0 bridgehead atoms. The second-order valence-electron chi connectivity index (χ2n) is 3.56.